The predicted octanol–water partition coefficient (Wildman–Crippen LogP) is 14.0. The molecule has 0 radical (unpaired) electrons. The van der Waals surface area contributed by atoms with Crippen molar-refractivity contribution in [1.29, 1.82) is 0 Å². The molecule has 14 aromatic rings. The molecule has 70 heavy (non-hydrogen) atoms. The molecule has 0 N–H and O–H groups in total. The SMILES string of the molecule is c1ccc(-n2c3ccccc3c3cc(-c4cccc([Si](c5ccccc5)(c5ccccc5)c5ccc(-n6c7ccccc7c7ccc8c(c9ccccc9n8-c8ccccc8)c76)cc5)c4)ccc32)cc1. The number of fused-ring (bicyclic) bond motifs is 10. The average molecular weight is 908 g/mol. The number of nitrogens with zero attached hydrogens (tertiary/aromatic N) is 3. The minimum Gasteiger partial charge on any atom is -0.309 e. The second-order valence-corrected chi connectivity index (χ2v) is 22.2. The van der Waals surface area contributed by atoms with E-state index in [0.717, 1.165) is 17.1 Å². The zero-order chi connectivity index (χ0) is 46.2. The molecule has 11 aromatic carbocycles. The van der Waals surface area contributed by atoms with Crippen molar-refractivity contribution in [3.63, 3.8) is 0 Å². The zero-order valence-electron chi connectivity index (χ0n) is 38.3. The predicted molar refractivity (Wildman–Crippen MR) is 299 cm³/mol. The van der Waals surface area contributed by atoms with Gasteiger partial charge < -0.3 is 13.7 Å². The summed E-state index contributed by atoms with van der Waals surface area (Å²) in [6, 6.07) is 101. The first-order chi connectivity index (χ1) is 34.8. The molecule has 0 saturated carbocycles. The lowest BCUT2D eigenvalue weighted by atomic mass is 10.0. The lowest BCUT2D eigenvalue weighted by molar-refractivity contribution is 1.17. The summed E-state index contributed by atoms with van der Waals surface area (Å²) >= 11 is 0. The number of aromatic nitrogens is 3. The highest BCUT2D eigenvalue weighted by Crippen LogP contribution is 2.42. The molecule has 14 rings (SSSR count). The summed E-state index contributed by atoms with van der Waals surface area (Å²) in [4.78, 5) is 0. The van der Waals surface area contributed by atoms with Crippen molar-refractivity contribution in [1.82, 2.24) is 13.7 Å². The van der Waals surface area contributed by atoms with Gasteiger partial charge in [0.25, 0.3) is 0 Å². The molecule has 0 fully saturated rings. The fourth-order valence-electron chi connectivity index (χ4n) is 11.8. The largest absolute Gasteiger partial charge is 0.309 e. The molecule has 0 aliphatic carbocycles. The highest BCUT2D eigenvalue weighted by atomic mass is 28.3. The maximum Gasteiger partial charge on any atom is 0.179 e. The topological polar surface area (TPSA) is 14.8 Å². The first-order valence-electron chi connectivity index (χ1n) is 24.2. The van der Waals surface area contributed by atoms with Crippen molar-refractivity contribution in [3.05, 3.63) is 273 Å². The van der Waals surface area contributed by atoms with E-state index >= 15 is 0 Å². The molecule has 0 bridgehead atoms. The summed E-state index contributed by atoms with van der Waals surface area (Å²) in [6.07, 6.45) is 0. The Hall–Kier alpha value is -8.96. The van der Waals surface area contributed by atoms with Crippen molar-refractivity contribution in [2.24, 2.45) is 0 Å². The lowest BCUT2D eigenvalue weighted by Crippen LogP contribution is -2.74. The summed E-state index contributed by atoms with van der Waals surface area (Å²) in [7, 11) is -2.95. The Bertz CT molecular complexity index is 4220. The standard InChI is InChI=1S/C66H45N3Si/c1-5-21-48(22-6-1)67-60-33-16-14-31-56(60)59-45-47(36-42-63(59)67)46-20-19-29-54(44-46)70(51-25-9-3-10-26-51,52-27-11-4-12-28-52)53-39-37-50(38-40-53)69-61-34-17-13-30-55(61)57-41-43-64-65(66(57)69)58-32-15-18-35-62(58)68(64)49-23-7-2-8-24-49/h1-45H. The van der Waals surface area contributed by atoms with Crippen molar-refractivity contribution < 1.29 is 0 Å². The summed E-state index contributed by atoms with van der Waals surface area (Å²) in [6.45, 7) is 0. The maximum atomic E-state index is 2.51. The summed E-state index contributed by atoms with van der Waals surface area (Å²) in [5.41, 5.74) is 13.1. The molecule has 0 aliphatic rings. The van der Waals surface area contributed by atoms with E-state index < -0.39 is 8.07 Å². The van der Waals surface area contributed by atoms with Gasteiger partial charge in [0.2, 0.25) is 0 Å². The molecule has 4 heteroatoms. The van der Waals surface area contributed by atoms with E-state index in [0.29, 0.717) is 0 Å². The second kappa shape index (κ2) is 16.1. The van der Waals surface area contributed by atoms with E-state index in [1.807, 2.05) is 0 Å². The first-order valence-corrected chi connectivity index (χ1v) is 26.2. The first kappa shape index (κ1) is 40.1. The Morgan fingerprint density at radius 3 is 1.29 bits per heavy atom. The third-order valence-electron chi connectivity index (χ3n) is 14.8. The van der Waals surface area contributed by atoms with Crippen LogP contribution in [-0.2, 0) is 0 Å². The third kappa shape index (κ3) is 6.00. The highest BCUT2D eigenvalue weighted by molar-refractivity contribution is 7.20. The third-order valence-corrected chi connectivity index (χ3v) is 19.5. The van der Waals surface area contributed by atoms with Crippen LogP contribution in [0.1, 0.15) is 0 Å². The van der Waals surface area contributed by atoms with E-state index in [2.05, 4.69) is 287 Å². The fourth-order valence-corrected chi connectivity index (χ4v) is 16.6. The number of hydrogen-bond acceptors (Lipinski definition) is 0. The van der Waals surface area contributed by atoms with E-state index in [-0.39, 0.29) is 0 Å². The van der Waals surface area contributed by atoms with Crippen LogP contribution < -0.4 is 20.7 Å². The normalized spacial score (nSPS) is 12.0. The zero-order valence-corrected chi connectivity index (χ0v) is 39.3. The van der Waals surface area contributed by atoms with E-state index in [4.69, 9.17) is 0 Å². The van der Waals surface area contributed by atoms with Crippen LogP contribution >= 0.6 is 0 Å². The summed E-state index contributed by atoms with van der Waals surface area (Å²) < 4.78 is 7.32. The Balaban J connectivity index is 0.982. The lowest BCUT2D eigenvalue weighted by Gasteiger charge is -2.35. The molecular formula is C66H45N3Si. The van der Waals surface area contributed by atoms with Crippen LogP contribution in [0.5, 0.6) is 0 Å². The van der Waals surface area contributed by atoms with Gasteiger partial charge in [0.1, 0.15) is 0 Å². The van der Waals surface area contributed by atoms with Crippen LogP contribution in [0.15, 0.2) is 273 Å². The van der Waals surface area contributed by atoms with E-state index in [1.54, 1.807) is 0 Å². The smallest absolute Gasteiger partial charge is 0.179 e. The van der Waals surface area contributed by atoms with Gasteiger partial charge in [-0.1, -0.05) is 200 Å². The highest BCUT2D eigenvalue weighted by Gasteiger charge is 2.41. The van der Waals surface area contributed by atoms with Gasteiger partial charge in [-0.05, 0) is 105 Å². The van der Waals surface area contributed by atoms with E-state index in [9.17, 15) is 0 Å². The Labute approximate surface area is 407 Å². The monoisotopic (exact) mass is 907 g/mol. The number of hydrogen-bond donors (Lipinski definition) is 0. The molecular weight excluding hydrogens is 863 g/mol. The van der Waals surface area contributed by atoms with Gasteiger partial charge in [-0.25, -0.2) is 0 Å². The summed E-state index contributed by atoms with van der Waals surface area (Å²) in [5.74, 6) is 0. The average Bonchev–Trinajstić information content (AvgIpc) is 4.08. The van der Waals surface area contributed by atoms with Gasteiger partial charge in [-0.15, -0.1) is 0 Å². The molecule has 3 aromatic heterocycles. The van der Waals surface area contributed by atoms with Crippen LogP contribution in [0.25, 0.3) is 93.6 Å². The quantitative estimate of drug-likeness (QED) is 0.107. The molecule has 328 valence electrons. The van der Waals surface area contributed by atoms with Crippen LogP contribution in [0.2, 0.25) is 0 Å². The van der Waals surface area contributed by atoms with Crippen LogP contribution in [0.3, 0.4) is 0 Å². The molecule has 3 heterocycles. The van der Waals surface area contributed by atoms with Gasteiger partial charge in [0.05, 0.1) is 33.1 Å². The number of benzene rings is 11. The number of para-hydroxylation sites is 5. The Morgan fingerprint density at radius 1 is 0.229 bits per heavy atom. The van der Waals surface area contributed by atoms with Crippen LogP contribution in [0.4, 0.5) is 0 Å². The molecule has 3 nitrogen and oxygen atoms in total. The molecule has 0 amide bonds. The van der Waals surface area contributed by atoms with Gasteiger partial charge in [-0.2, -0.15) is 0 Å². The Kier molecular flexibility index (Phi) is 9.23. The van der Waals surface area contributed by atoms with Crippen molar-refractivity contribution in [3.8, 4) is 28.2 Å². The van der Waals surface area contributed by atoms with Gasteiger partial charge in [-0.3, -0.25) is 0 Å². The van der Waals surface area contributed by atoms with Crippen LogP contribution in [-0.4, -0.2) is 21.8 Å². The minimum absolute atomic E-state index is 1.14. The van der Waals surface area contributed by atoms with Gasteiger partial charge in [0, 0.05) is 49.4 Å². The second-order valence-electron chi connectivity index (χ2n) is 18.4. The number of rotatable bonds is 8. The van der Waals surface area contributed by atoms with Gasteiger partial charge in [0.15, 0.2) is 8.07 Å². The Morgan fingerprint density at radius 2 is 0.657 bits per heavy atom. The van der Waals surface area contributed by atoms with E-state index in [1.165, 1.54) is 97.3 Å². The fraction of sp³-hybridized carbons (Fsp3) is 0. The molecule has 0 saturated heterocycles. The molecule has 0 unspecified atom stereocenters. The maximum absolute atomic E-state index is 2.95. The molecule has 0 spiro atoms. The molecule has 0 atom stereocenters. The van der Waals surface area contributed by atoms with Gasteiger partial charge >= 0.3 is 0 Å². The minimum atomic E-state index is -2.95. The van der Waals surface area contributed by atoms with Crippen molar-refractivity contribution >= 4 is 94.2 Å². The van der Waals surface area contributed by atoms with Crippen molar-refractivity contribution in [2.45, 2.75) is 0 Å². The van der Waals surface area contributed by atoms with Crippen LogP contribution in [0, 0.1) is 0 Å². The van der Waals surface area contributed by atoms with Crippen molar-refractivity contribution in [2.75, 3.05) is 0 Å². The summed E-state index contributed by atoms with van der Waals surface area (Å²) in [5, 5.41) is 12.9. The molecule has 0 aliphatic heterocycles.